The van der Waals surface area contributed by atoms with E-state index >= 15 is 0 Å². The van der Waals surface area contributed by atoms with Crippen LogP contribution in [-0.2, 0) is 4.79 Å². The highest BCUT2D eigenvalue weighted by Crippen LogP contribution is 1.98. The van der Waals surface area contributed by atoms with Gasteiger partial charge in [0.1, 0.15) is 0 Å². The zero-order valence-electron chi connectivity index (χ0n) is 8.92. The van der Waals surface area contributed by atoms with Crippen molar-refractivity contribution in [3.63, 3.8) is 0 Å². The van der Waals surface area contributed by atoms with Gasteiger partial charge < -0.3 is 11.1 Å². The van der Waals surface area contributed by atoms with Crippen LogP contribution in [0.5, 0.6) is 0 Å². The van der Waals surface area contributed by atoms with Crippen LogP contribution in [0.25, 0.3) is 0 Å². The molecule has 1 amide bonds. The van der Waals surface area contributed by atoms with Crippen LogP contribution in [0, 0.1) is 17.2 Å². The molecule has 0 fully saturated rings. The van der Waals surface area contributed by atoms with Crippen molar-refractivity contribution in [1.29, 1.82) is 5.26 Å². The third-order valence-corrected chi connectivity index (χ3v) is 2.01. The third kappa shape index (κ3) is 5.55. The molecule has 0 aliphatic heterocycles. The summed E-state index contributed by atoms with van der Waals surface area (Å²) in [5.74, 6) is -0.308. The molecule has 14 heavy (non-hydrogen) atoms. The van der Waals surface area contributed by atoms with Crippen molar-refractivity contribution in [2.75, 3.05) is 6.54 Å². The smallest absolute Gasteiger partial charge is 0.236 e. The van der Waals surface area contributed by atoms with Crippen molar-refractivity contribution in [2.45, 2.75) is 39.2 Å². The Balaban J connectivity index is 3.68. The fourth-order valence-corrected chi connectivity index (χ4v) is 0.986. The quantitative estimate of drug-likeness (QED) is 0.660. The molecular weight excluding hydrogens is 178 g/mol. The fourth-order valence-electron chi connectivity index (χ4n) is 0.986. The Kier molecular flexibility index (Phi) is 6.77. The number of carbonyl (C=O) groups is 1. The van der Waals surface area contributed by atoms with Crippen LogP contribution in [0.15, 0.2) is 0 Å². The molecule has 0 radical (unpaired) electrons. The summed E-state index contributed by atoms with van der Waals surface area (Å²) < 4.78 is 0. The van der Waals surface area contributed by atoms with Gasteiger partial charge in [0.05, 0.1) is 18.0 Å². The Morgan fingerprint density at radius 2 is 2.29 bits per heavy atom. The number of hydrogen-bond acceptors (Lipinski definition) is 3. The maximum absolute atomic E-state index is 11.3. The molecule has 4 heteroatoms. The molecule has 80 valence electrons. The molecule has 0 bridgehead atoms. The van der Waals surface area contributed by atoms with Gasteiger partial charge in [0, 0.05) is 6.54 Å². The lowest BCUT2D eigenvalue weighted by atomic mass is 10.1. The molecule has 3 N–H and O–H groups in total. The molecule has 0 aliphatic rings. The zero-order chi connectivity index (χ0) is 11.0. The van der Waals surface area contributed by atoms with Crippen molar-refractivity contribution in [3.05, 3.63) is 0 Å². The molecule has 0 saturated carbocycles. The first-order chi connectivity index (χ1) is 6.61. The lowest BCUT2D eigenvalue weighted by Gasteiger charge is -2.12. The van der Waals surface area contributed by atoms with Gasteiger partial charge in [-0.25, -0.2) is 0 Å². The number of nitrogens with one attached hydrogen (secondary N) is 1. The number of nitrogens with zero attached hydrogens (tertiary/aromatic N) is 1. The Morgan fingerprint density at radius 1 is 1.64 bits per heavy atom. The average molecular weight is 197 g/mol. The SMILES string of the molecule is CCCC[C@H](N)C(=O)NCC(C)C#N. The van der Waals surface area contributed by atoms with E-state index in [1.807, 2.05) is 6.07 Å². The second-order valence-corrected chi connectivity index (χ2v) is 3.52. The summed E-state index contributed by atoms with van der Waals surface area (Å²) in [7, 11) is 0. The topological polar surface area (TPSA) is 78.9 Å². The van der Waals surface area contributed by atoms with Gasteiger partial charge in [0.15, 0.2) is 0 Å². The molecule has 0 aromatic carbocycles. The van der Waals surface area contributed by atoms with Crippen molar-refractivity contribution in [3.8, 4) is 6.07 Å². The molecule has 0 heterocycles. The van der Waals surface area contributed by atoms with E-state index in [1.54, 1.807) is 6.92 Å². The third-order valence-electron chi connectivity index (χ3n) is 2.01. The van der Waals surface area contributed by atoms with Gasteiger partial charge in [-0.2, -0.15) is 5.26 Å². The van der Waals surface area contributed by atoms with Crippen molar-refractivity contribution in [1.82, 2.24) is 5.32 Å². The summed E-state index contributed by atoms with van der Waals surface area (Å²) in [6.07, 6.45) is 2.71. The molecule has 4 nitrogen and oxygen atoms in total. The number of amides is 1. The lowest BCUT2D eigenvalue weighted by Crippen LogP contribution is -2.41. The Hall–Kier alpha value is -1.08. The molecule has 0 rings (SSSR count). The van der Waals surface area contributed by atoms with E-state index in [9.17, 15) is 4.79 Å². The van der Waals surface area contributed by atoms with Gasteiger partial charge in [-0.1, -0.05) is 19.8 Å². The maximum atomic E-state index is 11.3. The highest BCUT2D eigenvalue weighted by atomic mass is 16.2. The first-order valence-electron chi connectivity index (χ1n) is 5.04. The summed E-state index contributed by atoms with van der Waals surface area (Å²) in [5, 5.41) is 11.2. The summed E-state index contributed by atoms with van der Waals surface area (Å²) in [6, 6.07) is 1.62. The highest BCUT2D eigenvalue weighted by Gasteiger charge is 2.12. The van der Waals surface area contributed by atoms with Gasteiger partial charge in [-0.05, 0) is 13.3 Å². The van der Waals surface area contributed by atoms with Gasteiger partial charge in [0.2, 0.25) is 5.91 Å². The molecule has 0 aliphatic carbocycles. The predicted molar refractivity (Wildman–Crippen MR) is 55.3 cm³/mol. The second kappa shape index (κ2) is 7.34. The summed E-state index contributed by atoms with van der Waals surface area (Å²) in [5.41, 5.74) is 5.64. The monoisotopic (exact) mass is 197 g/mol. The van der Waals surface area contributed by atoms with E-state index in [0.717, 1.165) is 12.8 Å². The fraction of sp³-hybridized carbons (Fsp3) is 0.800. The molecule has 0 aromatic heterocycles. The van der Waals surface area contributed by atoms with Gasteiger partial charge >= 0.3 is 0 Å². The first-order valence-corrected chi connectivity index (χ1v) is 5.04. The van der Waals surface area contributed by atoms with Crippen LogP contribution in [0.4, 0.5) is 0 Å². The zero-order valence-corrected chi connectivity index (χ0v) is 8.92. The molecular formula is C10H19N3O. The molecule has 0 spiro atoms. The van der Waals surface area contributed by atoms with E-state index in [1.165, 1.54) is 0 Å². The minimum absolute atomic E-state index is 0.152. The lowest BCUT2D eigenvalue weighted by molar-refractivity contribution is -0.122. The Labute approximate surface area is 85.5 Å². The van der Waals surface area contributed by atoms with Gasteiger partial charge in [0.25, 0.3) is 0 Å². The van der Waals surface area contributed by atoms with E-state index in [4.69, 9.17) is 11.0 Å². The highest BCUT2D eigenvalue weighted by molar-refractivity contribution is 5.81. The summed E-state index contributed by atoms with van der Waals surface area (Å²) >= 11 is 0. The number of hydrogen-bond donors (Lipinski definition) is 2. The van der Waals surface area contributed by atoms with Crippen LogP contribution in [-0.4, -0.2) is 18.5 Å². The average Bonchev–Trinajstić information content (AvgIpc) is 2.21. The van der Waals surface area contributed by atoms with Crippen LogP contribution in [0.2, 0.25) is 0 Å². The first kappa shape index (κ1) is 12.9. The van der Waals surface area contributed by atoms with Crippen LogP contribution >= 0.6 is 0 Å². The van der Waals surface area contributed by atoms with Gasteiger partial charge in [-0.3, -0.25) is 4.79 Å². The number of nitrogens with two attached hydrogens (primary N) is 1. The molecule has 1 unspecified atom stereocenters. The second-order valence-electron chi connectivity index (χ2n) is 3.52. The van der Waals surface area contributed by atoms with E-state index in [0.29, 0.717) is 13.0 Å². The largest absolute Gasteiger partial charge is 0.353 e. The Bertz CT molecular complexity index is 210. The number of carbonyl (C=O) groups excluding carboxylic acids is 1. The Morgan fingerprint density at radius 3 is 2.79 bits per heavy atom. The van der Waals surface area contributed by atoms with Crippen LogP contribution in [0.1, 0.15) is 33.1 Å². The van der Waals surface area contributed by atoms with E-state index in [-0.39, 0.29) is 11.8 Å². The van der Waals surface area contributed by atoms with E-state index in [2.05, 4.69) is 12.2 Å². The maximum Gasteiger partial charge on any atom is 0.236 e. The van der Waals surface area contributed by atoms with Crippen LogP contribution in [0.3, 0.4) is 0 Å². The van der Waals surface area contributed by atoms with Crippen molar-refractivity contribution < 1.29 is 4.79 Å². The minimum Gasteiger partial charge on any atom is -0.353 e. The summed E-state index contributed by atoms with van der Waals surface area (Å²) in [6.45, 7) is 4.20. The molecule has 0 aromatic rings. The minimum atomic E-state index is -0.430. The predicted octanol–water partition coefficient (Wildman–Crippen LogP) is 0.780. The number of rotatable bonds is 6. The van der Waals surface area contributed by atoms with E-state index < -0.39 is 6.04 Å². The molecule has 0 saturated heterocycles. The van der Waals surface area contributed by atoms with Gasteiger partial charge in [-0.15, -0.1) is 0 Å². The van der Waals surface area contributed by atoms with Crippen molar-refractivity contribution in [2.24, 2.45) is 11.7 Å². The number of nitriles is 1. The number of unbranched alkanes of at least 4 members (excludes halogenated alkanes) is 1. The standard InChI is InChI=1S/C10H19N3O/c1-3-4-5-9(12)10(14)13-7-8(2)6-11/h8-9H,3-5,7,12H2,1-2H3,(H,13,14)/t8?,9-/m0/s1. The molecule has 2 atom stereocenters. The van der Waals surface area contributed by atoms with Crippen LogP contribution < -0.4 is 11.1 Å². The summed E-state index contributed by atoms with van der Waals surface area (Å²) in [4.78, 5) is 11.3. The van der Waals surface area contributed by atoms with Crippen molar-refractivity contribution >= 4 is 5.91 Å². The normalized spacial score (nSPS) is 14.1.